The van der Waals surface area contributed by atoms with Gasteiger partial charge in [0.25, 0.3) is 0 Å². The molecule has 1 aromatic rings. The van der Waals surface area contributed by atoms with E-state index >= 15 is 0 Å². The molecule has 2 heterocycles. The molecule has 90 valence electrons. The Morgan fingerprint density at radius 2 is 2.29 bits per heavy atom. The fourth-order valence-electron chi connectivity index (χ4n) is 1.50. The first-order chi connectivity index (χ1) is 8.24. The monoisotopic (exact) mass is 252 g/mol. The summed E-state index contributed by atoms with van der Waals surface area (Å²) in [5, 5.41) is 4.93. The molecule has 0 spiro atoms. The number of pyridine rings is 1. The molecule has 6 heteroatoms. The maximum atomic E-state index is 11.6. The lowest BCUT2D eigenvalue weighted by Crippen LogP contribution is -2.45. The highest BCUT2D eigenvalue weighted by Crippen LogP contribution is 2.09. The van der Waals surface area contributed by atoms with Gasteiger partial charge in [0.2, 0.25) is 0 Å². The van der Waals surface area contributed by atoms with Crippen molar-refractivity contribution in [3.8, 4) is 0 Å². The van der Waals surface area contributed by atoms with Gasteiger partial charge in [-0.3, -0.25) is 5.43 Å². The van der Waals surface area contributed by atoms with Gasteiger partial charge in [-0.15, -0.1) is 0 Å². The number of carbonyl (C=O) groups excluding carboxylic acids is 1. The van der Waals surface area contributed by atoms with Gasteiger partial charge in [0.05, 0.1) is 11.9 Å². The number of anilines is 1. The second-order valence-electron chi connectivity index (χ2n) is 3.64. The molecule has 1 aliphatic heterocycles. The van der Waals surface area contributed by atoms with E-state index in [1.165, 1.54) is 6.20 Å². The van der Waals surface area contributed by atoms with Gasteiger partial charge in [-0.25, -0.2) is 14.8 Å². The molecule has 1 aromatic heterocycles. The van der Waals surface area contributed by atoms with E-state index in [-0.39, 0.29) is 6.03 Å². The summed E-state index contributed by atoms with van der Waals surface area (Å²) >= 11 is 5.65. The van der Waals surface area contributed by atoms with E-state index in [9.17, 15) is 4.79 Å². The standard InChI is InChI=1S/C11H13ClN4O/c12-10-5-4-9(8-13-10)14-11(17)15-16-6-2-1-3-7-16/h1-2,4-5,8H,3,6-7H2,(H2,14,15,17). The zero-order valence-electron chi connectivity index (χ0n) is 9.19. The Bertz CT molecular complexity index is 418. The first kappa shape index (κ1) is 11.9. The maximum absolute atomic E-state index is 11.6. The minimum atomic E-state index is -0.274. The fraction of sp³-hybridized carbons (Fsp3) is 0.273. The van der Waals surface area contributed by atoms with Crippen LogP contribution >= 0.6 is 11.6 Å². The number of nitrogens with zero attached hydrogens (tertiary/aromatic N) is 2. The van der Waals surface area contributed by atoms with Crippen molar-refractivity contribution in [2.45, 2.75) is 6.42 Å². The molecule has 5 nitrogen and oxygen atoms in total. The van der Waals surface area contributed by atoms with Crippen molar-refractivity contribution in [3.63, 3.8) is 0 Å². The second-order valence-corrected chi connectivity index (χ2v) is 4.03. The van der Waals surface area contributed by atoms with Gasteiger partial charge in [-0.2, -0.15) is 0 Å². The van der Waals surface area contributed by atoms with Crippen LogP contribution in [-0.2, 0) is 0 Å². The summed E-state index contributed by atoms with van der Waals surface area (Å²) in [6.45, 7) is 1.55. The topological polar surface area (TPSA) is 57.3 Å². The molecule has 0 atom stereocenters. The van der Waals surface area contributed by atoms with Crippen molar-refractivity contribution < 1.29 is 4.79 Å². The van der Waals surface area contributed by atoms with Gasteiger partial charge >= 0.3 is 6.03 Å². The minimum absolute atomic E-state index is 0.274. The van der Waals surface area contributed by atoms with Crippen molar-refractivity contribution in [3.05, 3.63) is 35.6 Å². The summed E-state index contributed by atoms with van der Waals surface area (Å²) in [6, 6.07) is 3.05. The SMILES string of the molecule is O=C(Nc1ccc(Cl)nc1)NN1CC=CCC1. The average Bonchev–Trinajstić information content (AvgIpc) is 2.33. The highest BCUT2D eigenvalue weighted by molar-refractivity contribution is 6.29. The number of aromatic nitrogens is 1. The number of hydrogen-bond donors (Lipinski definition) is 2. The van der Waals surface area contributed by atoms with Crippen LogP contribution in [0.3, 0.4) is 0 Å². The van der Waals surface area contributed by atoms with Crippen LogP contribution in [0, 0.1) is 0 Å². The van der Waals surface area contributed by atoms with E-state index in [0.717, 1.165) is 19.5 Å². The van der Waals surface area contributed by atoms with E-state index in [4.69, 9.17) is 11.6 Å². The lowest BCUT2D eigenvalue weighted by Gasteiger charge is -2.23. The van der Waals surface area contributed by atoms with Gasteiger partial charge in [0.1, 0.15) is 5.15 Å². The van der Waals surface area contributed by atoms with Crippen molar-refractivity contribution in [1.82, 2.24) is 15.4 Å². The number of halogens is 1. The summed E-state index contributed by atoms with van der Waals surface area (Å²) in [5.41, 5.74) is 3.36. The molecule has 2 amide bonds. The molecular formula is C11H13ClN4O. The van der Waals surface area contributed by atoms with Gasteiger partial charge in [-0.05, 0) is 18.6 Å². The van der Waals surface area contributed by atoms with Gasteiger partial charge in [0.15, 0.2) is 0 Å². The first-order valence-electron chi connectivity index (χ1n) is 5.33. The molecule has 0 fully saturated rings. The third kappa shape index (κ3) is 3.72. The number of urea groups is 1. The second kappa shape index (κ2) is 5.65. The van der Waals surface area contributed by atoms with Crippen LogP contribution in [0.1, 0.15) is 6.42 Å². The third-order valence-corrected chi connectivity index (χ3v) is 2.53. The number of hydrogen-bond acceptors (Lipinski definition) is 3. The van der Waals surface area contributed by atoms with Gasteiger partial charge < -0.3 is 5.32 Å². The number of amides is 2. The zero-order chi connectivity index (χ0) is 12.1. The summed E-state index contributed by atoms with van der Waals surface area (Å²) in [6.07, 6.45) is 6.58. The number of rotatable bonds is 2. The normalized spacial score (nSPS) is 15.6. The predicted octanol–water partition coefficient (Wildman–Crippen LogP) is 2.03. The molecule has 0 saturated carbocycles. The number of nitrogens with one attached hydrogen (secondary N) is 2. The van der Waals surface area contributed by atoms with Gasteiger partial charge in [-0.1, -0.05) is 23.8 Å². The van der Waals surface area contributed by atoms with Crippen LogP contribution in [0.2, 0.25) is 5.15 Å². The number of hydrazine groups is 1. The zero-order valence-corrected chi connectivity index (χ0v) is 9.94. The molecule has 2 N–H and O–H groups in total. The lowest BCUT2D eigenvalue weighted by molar-refractivity contribution is 0.196. The number of carbonyl (C=O) groups is 1. The Morgan fingerprint density at radius 3 is 2.94 bits per heavy atom. The van der Waals surface area contributed by atoms with Crippen LogP contribution in [0.4, 0.5) is 10.5 Å². The maximum Gasteiger partial charge on any atom is 0.333 e. The molecular weight excluding hydrogens is 240 g/mol. The molecule has 0 radical (unpaired) electrons. The fourth-order valence-corrected chi connectivity index (χ4v) is 1.61. The van der Waals surface area contributed by atoms with E-state index < -0.39 is 0 Å². The van der Waals surface area contributed by atoms with Crippen LogP contribution < -0.4 is 10.7 Å². The summed E-state index contributed by atoms with van der Waals surface area (Å²) in [7, 11) is 0. The largest absolute Gasteiger partial charge is 0.333 e. The van der Waals surface area contributed by atoms with Crippen molar-refractivity contribution >= 4 is 23.3 Å². The molecule has 0 aromatic carbocycles. The Morgan fingerprint density at radius 1 is 1.41 bits per heavy atom. The summed E-state index contributed by atoms with van der Waals surface area (Å²) < 4.78 is 0. The van der Waals surface area contributed by atoms with Crippen LogP contribution in [0.5, 0.6) is 0 Å². The van der Waals surface area contributed by atoms with Crippen molar-refractivity contribution in [1.29, 1.82) is 0 Å². The van der Waals surface area contributed by atoms with E-state index in [0.29, 0.717) is 10.8 Å². The predicted molar refractivity (Wildman–Crippen MR) is 66.7 cm³/mol. The minimum Gasteiger partial charge on any atom is -0.305 e. The molecule has 0 bridgehead atoms. The highest BCUT2D eigenvalue weighted by atomic mass is 35.5. The Kier molecular flexibility index (Phi) is 3.95. The van der Waals surface area contributed by atoms with E-state index in [1.54, 1.807) is 12.1 Å². The Labute approximate surface area is 104 Å². The molecule has 0 unspecified atom stereocenters. The quantitative estimate of drug-likeness (QED) is 0.626. The molecule has 0 aliphatic carbocycles. The molecule has 17 heavy (non-hydrogen) atoms. The van der Waals surface area contributed by atoms with Crippen LogP contribution in [0.25, 0.3) is 0 Å². The summed E-state index contributed by atoms with van der Waals surface area (Å²) in [4.78, 5) is 15.5. The van der Waals surface area contributed by atoms with E-state index in [2.05, 4.69) is 21.8 Å². The molecule has 1 aliphatic rings. The third-order valence-electron chi connectivity index (χ3n) is 2.30. The van der Waals surface area contributed by atoms with Crippen molar-refractivity contribution in [2.24, 2.45) is 0 Å². The van der Waals surface area contributed by atoms with E-state index in [1.807, 2.05) is 11.1 Å². The summed E-state index contributed by atoms with van der Waals surface area (Å²) in [5.74, 6) is 0. The van der Waals surface area contributed by atoms with Gasteiger partial charge in [0, 0.05) is 13.1 Å². The van der Waals surface area contributed by atoms with Crippen molar-refractivity contribution in [2.75, 3.05) is 18.4 Å². The lowest BCUT2D eigenvalue weighted by atomic mass is 10.3. The molecule has 0 saturated heterocycles. The Hall–Kier alpha value is -1.59. The smallest absolute Gasteiger partial charge is 0.305 e. The van der Waals surface area contributed by atoms with Crippen LogP contribution in [0.15, 0.2) is 30.5 Å². The molecule has 2 rings (SSSR count). The first-order valence-corrected chi connectivity index (χ1v) is 5.71. The average molecular weight is 253 g/mol. The van der Waals surface area contributed by atoms with Crippen LogP contribution in [-0.4, -0.2) is 29.1 Å². The highest BCUT2D eigenvalue weighted by Gasteiger charge is 2.09. The Balaban J connectivity index is 1.84.